The molecule has 0 heterocycles. The van der Waals surface area contributed by atoms with E-state index in [4.69, 9.17) is 4.74 Å². The Bertz CT molecular complexity index is 695. The van der Waals surface area contributed by atoms with Crippen molar-refractivity contribution in [3.63, 3.8) is 0 Å². The van der Waals surface area contributed by atoms with Gasteiger partial charge in [-0.25, -0.2) is 0 Å². The summed E-state index contributed by atoms with van der Waals surface area (Å²) in [5, 5.41) is 2.93. The van der Waals surface area contributed by atoms with Crippen molar-refractivity contribution in [3.8, 4) is 5.75 Å². The number of aryl methyl sites for hydroxylation is 1. The van der Waals surface area contributed by atoms with E-state index < -0.39 is 0 Å². The van der Waals surface area contributed by atoms with Crippen LogP contribution in [0.5, 0.6) is 5.75 Å². The lowest BCUT2D eigenvalue weighted by Crippen LogP contribution is -2.14. The highest BCUT2D eigenvalue weighted by molar-refractivity contribution is 9.10. The van der Waals surface area contributed by atoms with Crippen molar-refractivity contribution in [2.45, 2.75) is 33.1 Å². The Morgan fingerprint density at radius 1 is 1.26 bits per heavy atom. The highest BCUT2D eigenvalue weighted by Gasteiger charge is 2.16. The molecule has 1 unspecified atom stereocenters. The molecule has 1 amide bonds. The zero-order chi connectivity index (χ0) is 17.0. The summed E-state index contributed by atoms with van der Waals surface area (Å²) in [6.45, 7) is 6.28. The van der Waals surface area contributed by atoms with E-state index in [9.17, 15) is 4.79 Å². The van der Waals surface area contributed by atoms with Crippen LogP contribution in [0.2, 0.25) is 0 Å². The van der Waals surface area contributed by atoms with Crippen LogP contribution >= 0.6 is 15.9 Å². The van der Waals surface area contributed by atoms with E-state index in [1.54, 1.807) is 13.2 Å². The van der Waals surface area contributed by atoms with Crippen molar-refractivity contribution >= 4 is 27.5 Å². The van der Waals surface area contributed by atoms with Crippen LogP contribution < -0.4 is 10.1 Å². The predicted octanol–water partition coefficient (Wildman–Crippen LogP) is 5.53. The lowest BCUT2D eigenvalue weighted by Gasteiger charge is -2.13. The zero-order valence-electron chi connectivity index (χ0n) is 13.9. The molecular formula is C19H22BrNO2. The molecule has 2 rings (SSSR count). The number of amides is 1. The first-order valence-electron chi connectivity index (χ1n) is 7.71. The second-order valence-electron chi connectivity index (χ2n) is 5.69. The average Bonchev–Trinajstić information content (AvgIpc) is 2.54. The molecule has 0 aliphatic heterocycles. The minimum absolute atomic E-state index is 0.178. The molecule has 1 N–H and O–H groups in total. The summed E-state index contributed by atoms with van der Waals surface area (Å²) < 4.78 is 6.23. The Morgan fingerprint density at radius 2 is 1.91 bits per heavy atom. The summed E-state index contributed by atoms with van der Waals surface area (Å²) in [5.41, 5.74) is 3.49. The fraction of sp³-hybridized carbons (Fsp3) is 0.316. The van der Waals surface area contributed by atoms with Gasteiger partial charge in [0.2, 0.25) is 0 Å². The maximum Gasteiger partial charge on any atom is 0.259 e. The van der Waals surface area contributed by atoms with Crippen LogP contribution in [0.3, 0.4) is 0 Å². The SMILES string of the molecule is CCC(C)c1ccc(NC(=O)c2cc(Br)cc(C)c2OC)cc1. The Balaban J connectivity index is 2.22. The van der Waals surface area contributed by atoms with Gasteiger partial charge in [0, 0.05) is 10.2 Å². The average molecular weight is 376 g/mol. The highest BCUT2D eigenvalue weighted by atomic mass is 79.9. The van der Waals surface area contributed by atoms with Gasteiger partial charge in [0.25, 0.3) is 5.91 Å². The number of nitrogens with one attached hydrogen (secondary N) is 1. The maximum absolute atomic E-state index is 12.6. The summed E-state index contributed by atoms with van der Waals surface area (Å²) in [4.78, 5) is 12.6. The van der Waals surface area contributed by atoms with E-state index >= 15 is 0 Å². The number of carbonyl (C=O) groups excluding carboxylic acids is 1. The monoisotopic (exact) mass is 375 g/mol. The van der Waals surface area contributed by atoms with Gasteiger partial charge in [0.15, 0.2) is 0 Å². The molecular weight excluding hydrogens is 354 g/mol. The number of methoxy groups -OCH3 is 1. The summed E-state index contributed by atoms with van der Waals surface area (Å²) in [6.07, 6.45) is 1.10. The molecule has 0 aromatic heterocycles. The first-order valence-corrected chi connectivity index (χ1v) is 8.51. The number of carbonyl (C=O) groups is 1. The summed E-state index contributed by atoms with van der Waals surface area (Å²) >= 11 is 3.43. The minimum atomic E-state index is -0.178. The third-order valence-corrected chi connectivity index (χ3v) is 4.50. The molecule has 4 heteroatoms. The van der Waals surface area contributed by atoms with E-state index in [0.29, 0.717) is 17.2 Å². The van der Waals surface area contributed by atoms with Crippen LogP contribution in [0, 0.1) is 6.92 Å². The molecule has 0 bridgehead atoms. The molecule has 0 radical (unpaired) electrons. The number of hydrogen-bond acceptors (Lipinski definition) is 2. The number of benzene rings is 2. The van der Waals surface area contributed by atoms with Crippen molar-refractivity contribution in [1.29, 1.82) is 0 Å². The Labute approximate surface area is 146 Å². The molecule has 3 nitrogen and oxygen atoms in total. The molecule has 0 saturated carbocycles. The van der Waals surface area contributed by atoms with Crippen molar-refractivity contribution in [2.24, 2.45) is 0 Å². The van der Waals surface area contributed by atoms with E-state index in [1.165, 1.54) is 5.56 Å². The van der Waals surface area contributed by atoms with E-state index in [1.807, 2.05) is 25.1 Å². The van der Waals surface area contributed by atoms with Crippen LogP contribution in [0.15, 0.2) is 40.9 Å². The third-order valence-electron chi connectivity index (χ3n) is 4.04. The quantitative estimate of drug-likeness (QED) is 0.745. The van der Waals surface area contributed by atoms with Crippen molar-refractivity contribution < 1.29 is 9.53 Å². The second-order valence-corrected chi connectivity index (χ2v) is 6.60. The number of hydrogen-bond donors (Lipinski definition) is 1. The predicted molar refractivity (Wildman–Crippen MR) is 98.5 cm³/mol. The molecule has 0 aliphatic carbocycles. The topological polar surface area (TPSA) is 38.3 Å². The smallest absolute Gasteiger partial charge is 0.259 e. The molecule has 0 aliphatic rings. The molecule has 0 spiro atoms. The minimum Gasteiger partial charge on any atom is -0.496 e. The van der Waals surface area contributed by atoms with Crippen LogP contribution in [0.1, 0.15) is 47.7 Å². The van der Waals surface area contributed by atoms with Gasteiger partial charge in [-0.15, -0.1) is 0 Å². The van der Waals surface area contributed by atoms with E-state index in [0.717, 1.165) is 22.1 Å². The molecule has 2 aromatic rings. The third kappa shape index (κ3) is 4.14. The van der Waals surface area contributed by atoms with Crippen LogP contribution in [0.25, 0.3) is 0 Å². The highest BCUT2D eigenvalue weighted by Crippen LogP contribution is 2.29. The van der Waals surface area contributed by atoms with Crippen LogP contribution in [-0.4, -0.2) is 13.0 Å². The summed E-state index contributed by atoms with van der Waals surface area (Å²) in [5.74, 6) is 0.942. The van der Waals surface area contributed by atoms with Gasteiger partial charge in [-0.05, 0) is 54.7 Å². The molecule has 1 atom stereocenters. The van der Waals surface area contributed by atoms with Crippen LogP contribution in [-0.2, 0) is 0 Å². The van der Waals surface area contributed by atoms with Gasteiger partial charge < -0.3 is 10.1 Å². The number of ether oxygens (including phenoxy) is 1. The number of rotatable bonds is 5. The first-order chi connectivity index (χ1) is 11.0. The number of anilines is 1. The van der Waals surface area contributed by atoms with E-state index in [-0.39, 0.29) is 5.91 Å². The molecule has 0 saturated heterocycles. The fourth-order valence-electron chi connectivity index (χ4n) is 2.50. The Kier molecular flexibility index (Phi) is 5.83. The van der Waals surface area contributed by atoms with Gasteiger partial charge in [0.05, 0.1) is 12.7 Å². The van der Waals surface area contributed by atoms with Gasteiger partial charge in [-0.1, -0.05) is 41.9 Å². The second kappa shape index (κ2) is 7.64. The van der Waals surface area contributed by atoms with Gasteiger partial charge in [0.1, 0.15) is 5.75 Å². The normalized spacial score (nSPS) is 11.9. The lowest BCUT2D eigenvalue weighted by atomic mass is 9.98. The van der Waals surface area contributed by atoms with Crippen LogP contribution in [0.4, 0.5) is 5.69 Å². The largest absolute Gasteiger partial charge is 0.496 e. The molecule has 0 fully saturated rings. The maximum atomic E-state index is 12.6. The zero-order valence-corrected chi connectivity index (χ0v) is 15.5. The van der Waals surface area contributed by atoms with Gasteiger partial charge in [-0.2, -0.15) is 0 Å². The van der Waals surface area contributed by atoms with Gasteiger partial charge >= 0.3 is 0 Å². The molecule has 23 heavy (non-hydrogen) atoms. The van der Waals surface area contributed by atoms with Gasteiger partial charge in [-0.3, -0.25) is 4.79 Å². The van der Waals surface area contributed by atoms with Crippen molar-refractivity contribution in [1.82, 2.24) is 0 Å². The Morgan fingerprint density at radius 3 is 2.48 bits per heavy atom. The van der Waals surface area contributed by atoms with E-state index in [2.05, 4.69) is 47.2 Å². The molecule has 122 valence electrons. The summed E-state index contributed by atoms with van der Waals surface area (Å²) in [7, 11) is 1.58. The first kappa shape index (κ1) is 17.5. The summed E-state index contributed by atoms with van der Waals surface area (Å²) in [6, 6.07) is 11.7. The van der Waals surface area contributed by atoms with Crippen molar-refractivity contribution in [2.75, 3.05) is 12.4 Å². The van der Waals surface area contributed by atoms with Crippen molar-refractivity contribution in [3.05, 3.63) is 57.6 Å². The lowest BCUT2D eigenvalue weighted by molar-refractivity contribution is 0.102. The molecule has 2 aromatic carbocycles. The fourth-order valence-corrected chi connectivity index (χ4v) is 3.07. The standard InChI is InChI=1S/C19H22BrNO2/c1-5-12(2)14-6-8-16(9-7-14)21-19(22)17-11-15(20)10-13(3)18(17)23-4/h6-12H,5H2,1-4H3,(H,21,22). The Hall–Kier alpha value is -1.81. The number of halogens is 1.